The summed E-state index contributed by atoms with van der Waals surface area (Å²) in [5.74, 6) is 1.58. The van der Waals surface area contributed by atoms with Crippen LogP contribution >= 0.6 is 0 Å². The van der Waals surface area contributed by atoms with Gasteiger partial charge in [-0.3, -0.25) is 0 Å². The average molecular weight is 252 g/mol. The molecular formula is C15H24O3. The third-order valence-electron chi connectivity index (χ3n) is 3.18. The van der Waals surface area contributed by atoms with Crippen molar-refractivity contribution in [3.05, 3.63) is 17.7 Å². The summed E-state index contributed by atoms with van der Waals surface area (Å²) >= 11 is 0. The molecule has 0 aliphatic rings. The van der Waals surface area contributed by atoms with Crippen LogP contribution in [-0.4, -0.2) is 19.3 Å². The van der Waals surface area contributed by atoms with Gasteiger partial charge in [0.1, 0.15) is 0 Å². The van der Waals surface area contributed by atoms with Crippen molar-refractivity contribution >= 4 is 0 Å². The summed E-state index contributed by atoms with van der Waals surface area (Å²) in [7, 11) is 3.10. The first-order chi connectivity index (χ1) is 8.31. The molecule has 0 amide bonds. The Kier molecular flexibility index (Phi) is 4.49. The molecule has 0 fully saturated rings. The number of phenolic OH excluding ortho intramolecular Hbond substituents is 1. The summed E-state index contributed by atoms with van der Waals surface area (Å²) in [5.41, 5.74) is 1.13. The van der Waals surface area contributed by atoms with Gasteiger partial charge in [0, 0.05) is 0 Å². The van der Waals surface area contributed by atoms with E-state index in [0.29, 0.717) is 17.4 Å². The molecule has 1 rings (SSSR count). The molecule has 1 N–H and O–H groups in total. The third kappa shape index (κ3) is 3.09. The number of hydrogen-bond donors (Lipinski definition) is 1. The fourth-order valence-corrected chi connectivity index (χ4v) is 2.42. The summed E-state index contributed by atoms with van der Waals surface area (Å²) in [5, 5.41) is 9.91. The topological polar surface area (TPSA) is 38.7 Å². The van der Waals surface area contributed by atoms with Crippen LogP contribution in [0.2, 0.25) is 0 Å². The molecule has 0 aliphatic heterocycles. The highest BCUT2D eigenvalue weighted by atomic mass is 16.5. The number of rotatable bonds is 5. The van der Waals surface area contributed by atoms with Crippen LogP contribution in [0.4, 0.5) is 0 Å². The van der Waals surface area contributed by atoms with E-state index < -0.39 is 0 Å². The van der Waals surface area contributed by atoms with Gasteiger partial charge in [0.15, 0.2) is 11.5 Å². The third-order valence-corrected chi connectivity index (χ3v) is 3.18. The van der Waals surface area contributed by atoms with E-state index in [2.05, 4.69) is 27.7 Å². The maximum Gasteiger partial charge on any atom is 0.200 e. The Bertz CT molecular complexity index is 383. The minimum absolute atomic E-state index is 0.0163. The predicted molar refractivity (Wildman–Crippen MR) is 73.7 cm³/mol. The first-order valence-electron chi connectivity index (χ1n) is 6.27. The first kappa shape index (κ1) is 14.7. The molecule has 3 nitrogen and oxygen atoms in total. The molecular weight excluding hydrogens is 228 g/mol. The number of aromatic hydroxyl groups is 1. The van der Waals surface area contributed by atoms with Crippen LogP contribution in [0.25, 0.3) is 0 Å². The van der Waals surface area contributed by atoms with E-state index in [1.54, 1.807) is 14.2 Å². The van der Waals surface area contributed by atoms with E-state index in [0.717, 1.165) is 12.0 Å². The van der Waals surface area contributed by atoms with Gasteiger partial charge in [-0.15, -0.1) is 0 Å². The lowest BCUT2D eigenvalue weighted by Gasteiger charge is -2.28. The van der Waals surface area contributed by atoms with Crippen molar-refractivity contribution in [1.82, 2.24) is 0 Å². The zero-order valence-corrected chi connectivity index (χ0v) is 12.2. The van der Waals surface area contributed by atoms with Crippen LogP contribution in [0.5, 0.6) is 17.2 Å². The van der Waals surface area contributed by atoms with Crippen molar-refractivity contribution in [2.45, 2.75) is 39.5 Å². The number of ether oxygens (including phenoxy) is 2. The lowest BCUT2D eigenvalue weighted by atomic mass is 9.78. The average Bonchev–Trinajstić information content (AvgIpc) is 2.27. The monoisotopic (exact) mass is 252 g/mol. The molecule has 0 saturated carbocycles. The minimum atomic E-state index is 0.0163. The smallest absolute Gasteiger partial charge is 0.200 e. The maximum atomic E-state index is 9.91. The molecule has 102 valence electrons. The van der Waals surface area contributed by atoms with Crippen LogP contribution < -0.4 is 9.47 Å². The van der Waals surface area contributed by atoms with Crippen molar-refractivity contribution in [2.75, 3.05) is 14.2 Å². The zero-order valence-electron chi connectivity index (χ0n) is 12.2. The molecule has 0 spiro atoms. The Hall–Kier alpha value is -1.38. The van der Waals surface area contributed by atoms with Crippen LogP contribution in [-0.2, 0) is 5.41 Å². The molecule has 0 unspecified atom stereocenters. The summed E-state index contributed by atoms with van der Waals surface area (Å²) in [6.07, 6.45) is 1.06. The molecule has 1 aromatic carbocycles. The van der Waals surface area contributed by atoms with Crippen molar-refractivity contribution in [2.24, 2.45) is 5.92 Å². The molecule has 0 aromatic heterocycles. The largest absolute Gasteiger partial charge is 0.502 e. The van der Waals surface area contributed by atoms with Gasteiger partial charge in [0.05, 0.1) is 14.2 Å². The van der Waals surface area contributed by atoms with Crippen LogP contribution in [0, 0.1) is 5.92 Å². The minimum Gasteiger partial charge on any atom is -0.502 e. The van der Waals surface area contributed by atoms with Crippen molar-refractivity contribution < 1.29 is 14.6 Å². The van der Waals surface area contributed by atoms with Gasteiger partial charge in [-0.25, -0.2) is 0 Å². The lowest BCUT2D eigenvalue weighted by molar-refractivity contribution is 0.334. The molecule has 0 saturated heterocycles. The molecule has 18 heavy (non-hydrogen) atoms. The van der Waals surface area contributed by atoms with E-state index in [-0.39, 0.29) is 11.2 Å². The second-order valence-electron chi connectivity index (χ2n) is 5.71. The number of methoxy groups -OCH3 is 2. The van der Waals surface area contributed by atoms with E-state index in [1.807, 2.05) is 12.1 Å². The Morgan fingerprint density at radius 3 is 1.89 bits per heavy atom. The highest BCUT2D eigenvalue weighted by molar-refractivity contribution is 5.54. The van der Waals surface area contributed by atoms with Gasteiger partial charge in [0.25, 0.3) is 0 Å². The molecule has 3 heteroatoms. The van der Waals surface area contributed by atoms with Gasteiger partial charge in [-0.1, -0.05) is 27.7 Å². The van der Waals surface area contributed by atoms with Crippen molar-refractivity contribution in [1.29, 1.82) is 0 Å². The van der Waals surface area contributed by atoms with Gasteiger partial charge in [-0.05, 0) is 35.4 Å². The van der Waals surface area contributed by atoms with Gasteiger partial charge >= 0.3 is 0 Å². The maximum absolute atomic E-state index is 9.91. The van der Waals surface area contributed by atoms with Crippen LogP contribution in [0.15, 0.2) is 12.1 Å². The molecule has 0 heterocycles. The number of phenols is 1. The highest BCUT2D eigenvalue weighted by Gasteiger charge is 2.25. The second kappa shape index (κ2) is 5.51. The fourth-order valence-electron chi connectivity index (χ4n) is 2.42. The Labute approximate surface area is 110 Å². The van der Waals surface area contributed by atoms with E-state index in [4.69, 9.17) is 9.47 Å². The van der Waals surface area contributed by atoms with Gasteiger partial charge in [-0.2, -0.15) is 0 Å². The quantitative estimate of drug-likeness (QED) is 0.867. The number of hydrogen-bond acceptors (Lipinski definition) is 3. The van der Waals surface area contributed by atoms with Crippen LogP contribution in [0.1, 0.15) is 39.7 Å². The molecule has 0 bridgehead atoms. The fraction of sp³-hybridized carbons (Fsp3) is 0.600. The van der Waals surface area contributed by atoms with E-state index >= 15 is 0 Å². The van der Waals surface area contributed by atoms with E-state index in [1.165, 1.54) is 0 Å². The van der Waals surface area contributed by atoms with Crippen molar-refractivity contribution in [3.63, 3.8) is 0 Å². The second-order valence-corrected chi connectivity index (χ2v) is 5.71. The van der Waals surface area contributed by atoms with E-state index in [9.17, 15) is 5.11 Å². The molecule has 0 atom stereocenters. The molecule has 0 aliphatic carbocycles. The normalized spacial score (nSPS) is 11.7. The van der Waals surface area contributed by atoms with Crippen LogP contribution in [0.3, 0.4) is 0 Å². The number of benzene rings is 1. The van der Waals surface area contributed by atoms with Gasteiger partial charge in [0.2, 0.25) is 5.75 Å². The Morgan fingerprint density at radius 2 is 1.56 bits per heavy atom. The summed E-state index contributed by atoms with van der Waals surface area (Å²) in [6.45, 7) is 8.80. The predicted octanol–water partition coefficient (Wildman–Crippen LogP) is 3.73. The summed E-state index contributed by atoms with van der Waals surface area (Å²) in [4.78, 5) is 0. The summed E-state index contributed by atoms with van der Waals surface area (Å²) in [6, 6.07) is 3.78. The standard InChI is InChI=1S/C15H24O3/c1-10(2)9-15(3,4)11-7-12(17-5)14(16)13(8-11)18-6/h7-8,10,16H,9H2,1-6H3. The highest BCUT2D eigenvalue weighted by Crippen LogP contribution is 2.42. The lowest BCUT2D eigenvalue weighted by Crippen LogP contribution is -2.20. The SMILES string of the molecule is COc1cc(C(C)(C)CC(C)C)cc(OC)c1O. The van der Waals surface area contributed by atoms with Gasteiger partial charge < -0.3 is 14.6 Å². The summed E-state index contributed by atoms with van der Waals surface area (Å²) < 4.78 is 10.4. The Balaban J connectivity index is 3.24. The molecule has 0 radical (unpaired) electrons. The molecule has 1 aromatic rings. The Morgan fingerprint density at radius 1 is 1.11 bits per heavy atom. The zero-order chi connectivity index (χ0) is 13.9. The van der Waals surface area contributed by atoms with Crippen molar-refractivity contribution in [3.8, 4) is 17.2 Å². The first-order valence-corrected chi connectivity index (χ1v) is 6.27.